The van der Waals surface area contributed by atoms with Gasteiger partial charge in [-0.25, -0.2) is 4.68 Å². The average Bonchev–Trinajstić information content (AvgIpc) is 3.16. The number of nitrogens with one attached hydrogen (secondary N) is 1. The second kappa shape index (κ2) is 6.91. The number of nitro benzene ring substituents is 1. The van der Waals surface area contributed by atoms with Gasteiger partial charge in [-0.05, 0) is 30.7 Å². The Hall–Kier alpha value is -3.55. The highest BCUT2D eigenvalue weighted by molar-refractivity contribution is 5.98. The molecule has 0 bridgehead atoms. The van der Waals surface area contributed by atoms with Gasteiger partial charge in [-0.15, -0.1) is 5.10 Å². The molecule has 0 fully saturated rings. The molecule has 1 heterocycles. The summed E-state index contributed by atoms with van der Waals surface area (Å²) in [5.74, 6) is -0.486. The van der Waals surface area contributed by atoms with Gasteiger partial charge >= 0.3 is 0 Å². The van der Waals surface area contributed by atoms with Gasteiger partial charge in [0.25, 0.3) is 11.6 Å². The maximum atomic E-state index is 12.4. The molecule has 1 aromatic heterocycles. The lowest BCUT2D eigenvalue weighted by atomic mass is 10.1. The Morgan fingerprint density at radius 2 is 1.92 bits per heavy atom. The lowest BCUT2D eigenvalue weighted by Gasteiger charge is -2.15. The zero-order valence-electron chi connectivity index (χ0n) is 13.4. The zero-order chi connectivity index (χ0) is 17.8. The number of carbonyl (C=O) groups is 1. The molecular formula is C17H15N5O3. The number of nitrogens with zero attached hydrogens (tertiary/aromatic N) is 4. The maximum absolute atomic E-state index is 12.4. The van der Waals surface area contributed by atoms with Crippen molar-refractivity contribution >= 4 is 11.6 Å². The van der Waals surface area contributed by atoms with Crippen LogP contribution < -0.4 is 5.32 Å². The molecule has 0 aliphatic carbocycles. The van der Waals surface area contributed by atoms with Crippen LogP contribution in [0.5, 0.6) is 0 Å². The second-order valence-electron chi connectivity index (χ2n) is 5.41. The van der Waals surface area contributed by atoms with Crippen LogP contribution in [0.2, 0.25) is 0 Å². The van der Waals surface area contributed by atoms with E-state index in [-0.39, 0.29) is 17.3 Å². The van der Waals surface area contributed by atoms with Crippen LogP contribution in [0.25, 0.3) is 5.69 Å². The summed E-state index contributed by atoms with van der Waals surface area (Å²) in [5.41, 5.74) is 1.54. The molecule has 0 radical (unpaired) electrons. The molecule has 0 aliphatic rings. The highest BCUT2D eigenvalue weighted by Gasteiger charge is 2.20. The third-order valence-electron chi connectivity index (χ3n) is 3.77. The fourth-order valence-electron chi connectivity index (χ4n) is 2.44. The van der Waals surface area contributed by atoms with E-state index in [1.807, 2.05) is 31.2 Å². The molecule has 25 heavy (non-hydrogen) atoms. The van der Waals surface area contributed by atoms with Crippen LogP contribution in [0.15, 0.2) is 60.9 Å². The summed E-state index contributed by atoms with van der Waals surface area (Å²) < 4.78 is 1.63. The molecule has 8 heteroatoms. The van der Waals surface area contributed by atoms with Crippen LogP contribution in [-0.4, -0.2) is 25.8 Å². The number of hydrogen-bond acceptors (Lipinski definition) is 5. The fourth-order valence-corrected chi connectivity index (χ4v) is 2.44. The van der Waals surface area contributed by atoms with E-state index in [1.54, 1.807) is 23.1 Å². The Balaban J connectivity index is 1.75. The van der Waals surface area contributed by atoms with Gasteiger partial charge in [-0.1, -0.05) is 29.5 Å². The largest absolute Gasteiger partial charge is 0.345 e. The Kier molecular flexibility index (Phi) is 4.51. The quantitative estimate of drug-likeness (QED) is 0.569. The third kappa shape index (κ3) is 3.52. The van der Waals surface area contributed by atoms with E-state index < -0.39 is 10.8 Å². The summed E-state index contributed by atoms with van der Waals surface area (Å²) in [6, 6.07) is 13.0. The van der Waals surface area contributed by atoms with Gasteiger partial charge in [0, 0.05) is 6.07 Å². The minimum absolute atomic E-state index is 0.0404. The molecule has 3 rings (SSSR count). The maximum Gasteiger partial charge on any atom is 0.282 e. The van der Waals surface area contributed by atoms with Crippen molar-refractivity contribution in [3.05, 3.63) is 82.2 Å². The second-order valence-corrected chi connectivity index (χ2v) is 5.41. The van der Waals surface area contributed by atoms with Crippen molar-refractivity contribution in [2.75, 3.05) is 0 Å². The SMILES string of the molecule is C[C@@H](NC(=O)c1ccccc1[N+](=O)[O-])c1ccc(-n2ccnn2)cc1. The van der Waals surface area contributed by atoms with Crippen molar-refractivity contribution in [2.24, 2.45) is 0 Å². The molecule has 3 aromatic rings. The number of aromatic nitrogens is 3. The van der Waals surface area contributed by atoms with Gasteiger partial charge in [-0.2, -0.15) is 0 Å². The predicted molar refractivity (Wildman–Crippen MR) is 90.3 cm³/mol. The number of rotatable bonds is 5. The number of nitro groups is 1. The minimum Gasteiger partial charge on any atom is -0.345 e. The van der Waals surface area contributed by atoms with Gasteiger partial charge in [0.05, 0.1) is 29.0 Å². The molecule has 126 valence electrons. The fraction of sp³-hybridized carbons (Fsp3) is 0.118. The van der Waals surface area contributed by atoms with Crippen LogP contribution in [0.3, 0.4) is 0 Å². The van der Waals surface area contributed by atoms with Crippen molar-refractivity contribution in [3.63, 3.8) is 0 Å². The first-order valence-electron chi connectivity index (χ1n) is 7.57. The molecule has 0 unspecified atom stereocenters. The molecule has 1 amide bonds. The smallest absolute Gasteiger partial charge is 0.282 e. The van der Waals surface area contributed by atoms with Crippen molar-refractivity contribution in [1.29, 1.82) is 0 Å². The van der Waals surface area contributed by atoms with Crippen LogP contribution in [0.4, 0.5) is 5.69 Å². The van der Waals surface area contributed by atoms with E-state index in [2.05, 4.69) is 15.6 Å². The van der Waals surface area contributed by atoms with E-state index in [0.717, 1.165) is 11.3 Å². The Bertz CT molecular complexity index is 891. The Morgan fingerprint density at radius 3 is 2.56 bits per heavy atom. The van der Waals surface area contributed by atoms with Gasteiger partial charge in [-0.3, -0.25) is 14.9 Å². The van der Waals surface area contributed by atoms with Crippen LogP contribution in [0, 0.1) is 10.1 Å². The van der Waals surface area contributed by atoms with Crippen molar-refractivity contribution in [1.82, 2.24) is 20.3 Å². The minimum atomic E-state index is -0.563. The lowest BCUT2D eigenvalue weighted by Crippen LogP contribution is -2.27. The van der Waals surface area contributed by atoms with Gasteiger partial charge in [0.15, 0.2) is 0 Å². The summed E-state index contributed by atoms with van der Waals surface area (Å²) in [6.45, 7) is 1.82. The van der Waals surface area contributed by atoms with Crippen LogP contribution in [0.1, 0.15) is 28.9 Å². The first kappa shape index (κ1) is 16.3. The van der Waals surface area contributed by atoms with E-state index in [4.69, 9.17) is 0 Å². The van der Waals surface area contributed by atoms with E-state index in [0.29, 0.717) is 0 Å². The number of hydrogen-bond donors (Lipinski definition) is 1. The van der Waals surface area contributed by atoms with Crippen LogP contribution >= 0.6 is 0 Å². The lowest BCUT2D eigenvalue weighted by molar-refractivity contribution is -0.385. The molecule has 8 nitrogen and oxygen atoms in total. The number of benzene rings is 2. The average molecular weight is 337 g/mol. The first-order valence-corrected chi connectivity index (χ1v) is 7.57. The van der Waals surface area contributed by atoms with Gasteiger partial charge < -0.3 is 5.32 Å². The zero-order valence-corrected chi connectivity index (χ0v) is 13.4. The number of amides is 1. The summed E-state index contributed by atoms with van der Waals surface area (Å²) in [4.78, 5) is 22.9. The monoisotopic (exact) mass is 337 g/mol. The molecule has 1 atom stereocenters. The van der Waals surface area contributed by atoms with Crippen molar-refractivity contribution in [2.45, 2.75) is 13.0 Å². The van der Waals surface area contributed by atoms with Crippen molar-refractivity contribution in [3.8, 4) is 5.69 Å². The summed E-state index contributed by atoms with van der Waals surface area (Å²) in [5, 5.41) is 21.5. The predicted octanol–water partition coefficient (Wildman–Crippen LogP) is 2.67. The highest BCUT2D eigenvalue weighted by Crippen LogP contribution is 2.20. The summed E-state index contributed by atoms with van der Waals surface area (Å²) >= 11 is 0. The van der Waals surface area contributed by atoms with E-state index in [9.17, 15) is 14.9 Å². The van der Waals surface area contributed by atoms with Crippen molar-refractivity contribution < 1.29 is 9.72 Å². The van der Waals surface area contributed by atoms with Gasteiger partial charge in [0.1, 0.15) is 5.56 Å². The molecule has 0 saturated carbocycles. The standard InChI is InChI=1S/C17H15N5O3/c1-12(13-6-8-14(9-7-13)21-11-10-18-20-21)19-17(23)15-4-2-3-5-16(15)22(24)25/h2-12H,1H3,(H,19,23)/t12-/m1/s1. The van der Waals surface area contributed by atoms with Crippen LogP contribution in [-0.2, 0) is 0 Å². The first-order chi connectivity index (χ1) is 12.1. The molecular weight excluding hydrogens is 322 g/mol. The molecule has 2 aromatic carbocycles. The van der Waals surface area contributed by atoms with Gasteiger partial charge in [0.2, 0.25) is 0 Å². The summed E-state index contributed by atoms with van der Waals surface area (Å²) in [6.07, 6.45) is 3.32. The van der Waals surface area contributed by atoms with E-state index in [1.165, 1.54) is 18.2 Å². The normalized spacial score (nSPS) is 11.7. The molecule has 0 aliphatic heterocycles. The summed E-state index contributed by atoms with van der Waals surface area (Å²) in [7, 11) is 0. The van der Waals surface area contributed by atoms with E-state index >= 15 is 0 Å². The number of carbonyl (C=O) groups excluding carboxylic acids is 1. The topological polar surface area (TPSA) is 103 Å². The highest BCUT2D eigenvalue weighted by atomic mass is 16.6. The molecule has 0 saturated heterocycles. The number of para-hydroxylation sites is 1. The Labute approximate surface area is 143 Å². The molecule has 0 spiro atoms. The third-order valence-corrected chi connectivity index (χ3v) is 3.77. The Morgan fingerprint density at radius 1 is 1.20 bits per heavy atom. The molecule has 1 N–H and O–H groups in total.